The van der Waals surface area contributed by atoms with Crippen molar-refractivity contribution in [3.63, 3.8) is 0 Å². The number of benzene rings is 1. The molecule has 3 rings (SSSR count). The third kappa shape index (κ3) is 3.27. The van der Waals surface area contributed by atoms with E-state index < -0.39 is 0 Å². The molecule has 20 heavy (non-hydrogen) atoms. The molecule has 6 heteroatoms. The van der Waals surface area contributed by atoms with E-state index in [-0.39, 0.29) is 0 Å². The second kappa shape index (κ2) is 6.38. The predicted molar refractivity (Wildman–Crippen MR) is 76.5 cm³/mol. The molecule has 0 spiro atoms. The highest BCUT2D eigenvalue weighted by Gasteiger charge is 2.08. The van der Waals surface area contributed by atoms with Crippen molar-refractivity contribution in [1.82, 2.24) is 20.2 Å². The summed E-state index contributed by atoms with van der Waals surface area (Å²) < 4.78 is 7.07. The van der Waals surface area contributed by atoms with Gasteiger partial charge in [-0.25, -0.2) is 4.68 Å². The predicted octanol–water partition coefficient (Wildman–Crippen LogP) is 2.65. The standard InChI is InChI=1S/C14H14N4OS/c1-2-5-12(6-3-1)8-10-20-14-15-16-17-18(14)11-13-7-4-9-19-13/h1-7,9H,8,10-11H2. The number of hydrogen-bond donors (Lipinski definition) is 0. The molecule has 0 unspecified atom stereocenters. The van der Waals surface area contributed by atoms with Crippen LogP contribution in [0.25, 0.3) is 0 Å². The van der Waals surface area contributed by atoms with Crippen LogP contribution in [0.4, 0.5) is 0 Å². The zero-order valence-electron chi connectivity index (χ0n) is 10.8. The molecule has 102 valence electrons. The van der Waals surface area contributed by atoms with E-state index in [1.165, 1.54) is 5.56 Å². The van der Waals surface area contributed by atoms with Crippen LogP contribution < -0.4 is 0 Å². The molecule has 0 bridgehead atoms. The lowest BCUT2D eigenvalue weighted by Gasteiger charge is -2.02. The third-order valence-electron chi connectivity index (χ3n) is 2.85. The first-order valence-corrected chi connectivity index (χ1v) is 7.35. The Labute approximate surface area is 121 Å². The van der Waals surface area contributed by atoms with Crippen molar-refractivity contribution in [2.24, 2.45) is 0 Å². The van der Waals surface area contributed by atoms with Crippen molar-refractivity contribution in [2.75, 3.05) is 5.75 Å². The Kier molecular flexibility index (Phi) is 4.13. The number of aromatic nitrogens is 4. The molecule has 1 aromatic carbocycles. The number of rotatable bonds is 6. The quantitative estimate of drug-likeness (QED) is 0.652. The maximum atomic E-state index is 5.31. The number of nitrogens with zero attached hydrogens (tertiary/aromatic N) is 4. The fourth-order valence-corrected chi connectivity index (χ4v) is 2.72. The molecule has 5 nitrogen and oxygen atoms in total. The third-order valence-corrected chi connectivity index (χ3v) is 3.81. The van der Waals surface area contributed by atoms with E-state index in [1.54, 1.807) is 22.7 Å². The molecule has 0 saturated heterocycles. The largest absolute Gasteiger partial charge is 0.467 e. The van der Waals surface area contributed by atoms with Crippen LogP contribution in [0.2, 0.25) is 0 Å². The molecule has 0 radical (unpaired) electrons. The minimum Gasteiger partial charge on any atom is -0.467 e. The molecule has 3 aromatic rings. The first-order valence-electron chi connectivity index (χ1n) is 6.37. The van der Waals surface area contributed by atoms with Crippen LogP contribution in [0.5, 0.6) is 0 Å². The van der Waals surface area contributed by atoms with Gasteiger partial charge in [0.05, 0.1) is 6.26 Å². The van der Waals surface area contributed by atoms with Crippen LogP contribution in [0.1, 0.15) is 11.3 Å². The van der Waals surface area contributed by atoms with Crippen molar-refractivity contribution in [3.8, 4) is 0 Å². The molecule has 2 heterocycles. The van der Waals surface area contributed by atoms with E-state index >= 15 is 0 Å². The zero-order chi connectivity index (χ0) is 13.6. The first-order chi connectivity index (χ1) is 9.92. The van der Waals surface area contributed by atoms with E-state index in [1.807, 2.05) is 18.2 Å². The highest BCUT2D eigenvalue weighted by atomic mass is 32.2. The zero-order valence-corrected chi connectivity index (χ0v) is 11.7. The van der Waals surface area contributed by atoms with Crippen molar-refractivity contribution < 1.29 is 4.42 Å². The molecule has 0 N–H and O–H groups in total. The first kappa shape index (κ1) is 12.9. The topological polar surface area (TPSA) is 56.7 Å². The highest BCUT2D eigenvalue weighted by Crippen LogP contribution is 2.17. The van der Waals surface area contributed by atoms with Gasteiger partial charge in [0, 0.05) is 5.75 Å². The van der Waals surface area contributed by atoms with Crippen LogP contribution in [0, 0.1) is 0 Å². The average Bonchev–Trinajstić information content (AvgIpc) is 3.13. The lowest BCUT2D eigenvalue weighted by Crippen LogP contribution is -2.03. The molecule has 0 aliphatic heterocycles. The van der Waals surface area contributed by atoms with Gasteiger partial charge in [0.15, 0.2) is 0 Å². The Hall–Kier alpha value is -2.08. The smallest absolute Gasteiger partial charge is 0.209 e. The van der Waals surface area contributed by atoms with Crippen LogP contribution in [-0.2, 0) is 13.0 Å². The lowest BCUT2D eigenvalue weighted by atomic mass is 10.2. The summed E-state index contributed by atoms with van der Waals surface area (Å²) in [6.07, 6.45) is 2.65. The van der Waals surface area contributed by atoms with Crippen LogP contribution >= 0.6 is 11.8 Å². The fraction of sp³-hybridized carbons (Fsp3) is 0.214. The number of aryl methyl sites for hydroxylation is 1. The average molecular weight is 286 g/mol. The van der Waals surface area contributed by atoms with Crippen LogP contribution in [-0.4, -0.2) is 26.0 Å². The van der Waals surface area contributed by atoms with E-state index in [4.69, 9.17) is 4.42 Å². The van der Waals surface area contributed by atoms with Gasteiger partial charge in [0.25, 0.3) is 0 Å². The van der Waals surface area contributed by atoms with Gasteiger partial charge in [-0.05, 0) is 34.5 Å². The Morgan fingerprint density at radius 3 is 2.80 bits per heavy atom. The van der Waals surface area contributed by atoms with E-state index in [0.29, 0.717) is 6.54 Å². The number of hydrogen-bond acceptors (Lipinski definition) is 5. The summed E-state index contributed by atoms with van der Waals surface area (Å²) >= 11 is 1.66. The summed E-state index contributed by atoms with van der Waals surface area (Å²) in [6, 6.07) is 14.2. The molecule has 2 aromatic heterocycles. The second-order valence-electron chi connectivity index (χ2n) is 4.28. The van der Waals surface area contributed by atoms with Gasteiger partial charge in [-0.15, -0.1) is 5.10 Å². The summed E-state index contributed by atoms with van der Waals surface area (Å²) in [7, 11) is 0. The summed E-state index contributed by atoms with van der Waals surface area (Å²) in [5, 5.41) is 12.6. The molecule has 0 atom stereocenters. The Morgan fingerprint density at radius 2 is 2.00 bits per heavy atom. The van der Waals surface area contributed by atoms with Gasteiger partial charge >= 0.3 is 0 Å². The summed E-state index contributed by atoms with van der Waals surface area (Å²) in [5.41, 5.74) is 1.32. The summed E-state index contributed by atoms with van der Waals surface area (Å²) in [4.78, 5) is 0. The number of tetrazole rings is 1. The maximum absolute atomic E-state index is 5.31. The minimum atomic E-state index is 0.563. The maximum Gasteiger partial charge on any atom is 0.209 e. The van der Waals surface area contributed by atoms with Gasteiger partial charge in [-0.1, -0.05) is 42.1 Å². The van der Waals surface area contributed by atoms with Gasteiger partial charge in [-0.3, -0.25) is 0 Å². The van der Waals surface area contributed by atoms with Gasteiger partial charge < -0.3 is 4.42 Å². The van der Waals surface area contributed by atoms with Crippen molar-refractivity contribution in [1.29, 1.82) is 0 Å². The summed E-state index contributed by atoms with van der Waals surface area (Å²) in [6.45, 7) is 0.563. The second-order valence-corrected chi connectivity index (χ2v) is 5.34. The Balaban J connectivity index is 1.57. The monoisotopic (exact) mass is 286 g/mol. The SMILES string of the molecule is c1ccc(CCSc2nnnn2Cc2ccco2)cc1. The van der Waals surface area contributed by atoms with Crippen molar-refractivity contribution >= 4 is 11.8 Å². The van der Waals surface area contributed by atoms with E-state index in [2.05, 4.69) is 39.8 Å². The van der Waals surface area contributed by atoms with Crippen LogP contribution in [0.3, 0.4) is 0 Å². The molecule has 0 aliphatic rings. The normalized spacial score (nSPS) is 10.8. The molecule has 0 amide bonds. The number of thioether (sulfide) groups is 1. The van der Waals surface area contributed by atoms with Crippen molar-refractivity contribution in [3.05, 3.63) is 60.1 Å². The van der Waals surface area contributed by atoms with Gasteiger partial charge in [-0.2, -0.15) is 0 Å². The molecule has 0 saturated carbocycles. The Bertz CT molecular complexity index is 636. The van der Waals surface area contributed by atoms with E-state index in [9.17, 15) is 0 Å². The molecular formula is C14H14N4OS. The van der Waals surface area contributed by atoms with E-state index in [0.717, 1.165) is 23.1 Å². The molecule has 0 aliphatic carbocycles. The lowest BCUT2D eigenvalue weighted by molar-refractivity contribution is 0.462. The highest BCUT2D eigenvalue weighted by molar-refractivity contribution is 7.99. The van der Waals surface area contributed by atoms with Gasteiger partial charge in [0.2, 0.25) is 5.16 Å². The van der Waals surface area contributed by atoms with Crippen LogP contribution in [0.15, 0.2) is 58.3 Å². The van der Waals surface area contributed by atoms with Gasteiger partial charge in [0.1, 0.15) is 12.3 Å². The Morgan fingerprint density at radius 1 is 1.10 bits per heavy atom. The molecule has 0 fully saturated rings. The summed E-state index contributed by atoms with van der Waals surface area (Å²) in [5.74, 6) is 1.80. The number of furan rings is 1. The molecular weight excluding hydrogens is 272 g/mol. The minimum absolute atomic E-state index is 0.563. The van der Waals surface area contributed by atoms with Crippen molar-refractivity contribution in [2.45, 2.75) is 18.1 Å². The fourth-order valence-electron chi connectivity index (χ4n) is 1.85.